The highest BCUT2D eigenvalue weighted by molar-refractivity contribution is 7.13. The van der Waals surface area contributed by atoms with Gasteiger partial charge in [0.1, 0.15) is 0 Å². The summed E-state index contributed by atoms with van der Waals surface area (Å²) in [6.45, 7) is 7.69. The fourth-order valence-corrected chi connectivity index (χ4v) is 3.42. The van der Waals surface area contributed by atoms with Gasteiger partial charge in [-0.1, -0.05) is 19.8 Å². The van der Waals surface area contributed by atoms with Crippen molar-refractivity contribution in [2.75, 3.05) is 18.0 Å². The molecule has 18 heavy (non-hydrogen) atoms. The fourth-order valence-electron chi connectivity index (χ4n) is 2.46. The largest absolute Gasteiger partial charge is 0.345 e. The zero-order chi connectivity index (χ0) is 12.8. The summed E-state index contributed by atoms with van der Waals surface area (Å²) in [6, 6.07) is 0.648. The molecule has 2 heterocycles. The molecule has 0 amide bonds. The molecule has 1 atom stereocenters. The molecule has 1 fully saturated rings. The summed E-state index contributed by atoms with van der Waals surface area (Å²) in [5.41, 5.74) is 1.19. The van der Waals surface area contributed by atoms with Crippen LogP contribution in [0.2, 0.25) is 0 Å². The molecule has 1 unspecified atom stereocenters. The molecular weight excluding hydrogens is 242 g/mol. The number of thiazole rings is 1. The molecule has 0 spiro atoms. The molecule has 0 radical (unpaired) electrons. The summed E-state index contributed by atoms with van der Waals surface area (Å²) in [4.78, 5) is 7.28. The average Bonchev–Trinajstić information content (AvgIpc) is 2.72. The second-order valence-corrected chi connectivity index (χ2v) is 6.03. The quantitative estimate of drug-likeness (QED) is 0.829. The Morgan fingerprint density at radius 3 is 3.17 bits per heavy atom. The van der Waals surface area contributed by atoms with Crippen LogP contribution in [0.3, 0.4) is 0 Å². The van der Waals surface area contributed by atoms with E-state index in [9.17, 15) is 0 Å². The minimum absolute atomic E-state index is 0.648. The molecule has 2 rings (SSSR count). The lowest BCUT2D eigenvalue weighted by molar-refractivity contribution is 0.613. The Balaban J connectivity index is 1.95. The molecule has 1 aromatic rings. The van der Waals surface area contributed by atoms with Gasteiger partial charge in [-0.25, -0.2) is 4.98 Å². The number of nitrogens with zero attached hydrogens (tertiary/aromatic N) is 2. The Bertz CT molecular complexity index is 351. The van der Waals surface area contributed by atoms with Gasteiger partial charge < -0.3 is 10.2 Å². The summed E-state index contributed by atoms with van der Waals surface area (Å²) in [5, 5.41) is 6.84. The van der Waals surface area contributed by atoms with Crippen molar-refractivity contribution in [3.63, 3.8) is 0 Å². The molecule has 1 saturated heterocycles. The molecule has 102 valence electrons. The van der Waals surface area contributed by atoms with E-state index in [1.807, 2.05) is 0 Å². The highest BCUT2D eigenvalue weighted by Crippen LogP contribution is 2.27. The number of aromatic nitrogens is 1. The maximum absolute atomic E-state index is 4.78. The van der Waals surface area contributed by atoms with Gasteiger partial charge in [0, 0.05) is 24.5 Å². The summed E-state index contributed by atoms with van der Waals surface area (Å²) >= 11 is 1.80. The van der Waals surface area contributed by atoms with E-state index in [4.69, 9.17) is 4.98 Å². The van der Waals surface area contributed by atoms with Gasteiger partial charge in [-0.05, 0) is 32.7 Å². The standard InChI is InChI=1S/C14H25N3S/c1-3-8-15-10-13-11-18-14(16-13)17-9-6-4-5-7-12(17)2/h11-12,15H,3-10H2,1-2H3. The Kier molecular flexibility index (Phi) is 5.45. The van der Waals surface area contributed by atoms with Gasteiger partial charge in [0.05, 0.1) is 5.69 Å². The van der Waals surface area contributed by atoms with Crippen LogP contribution in [0.4, 0.5) is 5.13 Å². The van der Waals surface area contributed by atoms with Crippen LogP contribution in [0.1, 0.15) is 51.6 Å². The minimum atomic E-state index is 0.648. The van der Waals surface area contributed by atoms with E-state index in [0.717, 1.165) is 13.1 Å². The van der Waals surface area contributed by atoms with Crippen molar-refractivity contribution in [1.29, 1.82) is 0 Å². The normalized spacial score (nSPS) is 21.0. The zero-order valence-corrected chi connectivity index (χ0v) is 12.4. The van der Waals surface area contributed by atoms with Gasteiger partial charge in [-0.15, -0.1) is 11.3 Å². The molecule has 0 aliphatic carbocycles. The van der Waals surface area contributed by atoms with Crippen LogP contribution in [-0.2, 0) is 6.54 Å². The van der Waals surface area contributed by atoms with Crippen molar-refractivity contribution in [3.05, 3.63) is 11.1 Å². The highest BCUT2D eigenvalue weighted by atomic mass is 32.1. The van der Waals surface area contributed by atoms with E-state index < -0.39 is 0 Å². The topological polar surface area (TPSA) is 28.2 Å². The third kappa shape index (κ3) is 3.69. The van der Waals surface area contributed by atoms with Crippen LogP contribution in [0, 0.1) is 0 Å². The van der Waals surface area contributed by atoms with Gasteiger partial charge in [0.15, 0.2) is 5.13 Å². The Morgan fingerprint density at radius 1 is 1.44 bits per heavy atom. The van der Waals surface area contributed by atoms with Crippen LogP contribution in [0.25, 0.3) is 0 Å². The van der Waals surface area contributed by atoms with E-state index in [2.05, 4.69) is 29.4 Å². The molecule has 0 aromatic carbocycles. The molecule has 1 aromatic heterocycles. The maximum atomic E-state index is 4.78. The second-order valence-electron chi connectivity index (χ2n) is 5.19. The molecule has 4 heteroatoms. The average molecular weight is 267 g/mol. The van der Waals surface area contributed by atoms with E-state index >= 15 is 0 Å². The van der Waals surface area contributed by atoms with E-state index in [1.165, 1.54) is 49.5 Å². The van der Waals surface area contributed by atoms with Crippen LogP contribution in [0.5, 0.6) is 0 Å². The predicted octanol–water partition coefficient (Wildman–Crippen LogP) is 3.41. The maximum Gasteiger partial charge on any atom is 0.185 e. The lowest BCUT2D eigenvalue weighted by Crippen LogP contribution is -2.32. The first-order chi connectivity index (χ1) is 8.81. The molecule has 1 aliphatic rings. The van der Waals surface area contributed by atoms with Gasteiger partial charge >= 0.3 is 0 Å². The number of hydrogen-bond donors (Lipinski definition) is 1. The monoisotopic (exact) mass is 267 g/mol. The summed E-state index contributed by atoms with van der Waals surface area (Å²) in [7, 11) is 0. The van der Waals surface area contributed by atoms with Crippen LogP contribution in [0.15, 0.2) is 5.38 Å². The summed E-state index contributed by atoms with van der Waals surface area (Å²) < 4.78 is 0. The number of anilines is 1. The van der Waals surface area contributed by atoms with Crippen molar-refractivity contribution in [1.82, 2.24) is 10.3 Å². The summed E-state index contributed by atoms with van der Waals surface area (Å²) in [6.07, 6.45) is 6.54. The van der Waals surface area contributed by atoms with E-state index in [0.29, 0.717) is 6.04 Å². The molecule has 0 bridgehead atoms. The summed E-state index contributed by atoms with van der Waals surface area (Å²) in [5.74, 6) is 0. The van der Waals surface area contributed by atoms with E-state index in [1.54, 1.807) is 11.3 Å². The second kappa shape index (κ2) is 7.10. The fraction of sp³-hybridized carbons (Fsp3) is 0.786. The van der Waals surface area contributed by atoms with Gasteiger partial charge in [-0.2, -0.15) is 0 Å². The van der Waals surface area contributed by atoms with Crippen LogP contribution < -0.4 is 10.2 Å². The molecule has 3 nitrogen and oxygen atoms in total. The SMILES string of the molecule is CCCNCc1csc(N2CCCCCC2C)n1. The number of nitrogens with one attached hydrogen (secondary N) is 1. The van der Waals surface area contributed by atoms with Gasteiger partial charge in [0.2, 0.25) is 0 Å². The third-order valence-corrected chi connectivity index (χ3v) is 4.50. The first-order valence-electron chi connectivity index (χ1n) is 7.23. The van der Waals surface area contributed by atoms with Crippen molar-refractivity contribution in [2.24, 2.45) is 0 Å². The van der Waals surface area contributed by atoms with Crippen molar-refractivity contribution in [3.8, 4) is 0 Å². The number of rotatable bonds is 5. The molecule has 1 aliphatic heterocycles. The first-order valence-corrected chi connectivity index (χ1v) is 8.11. The number of hydrogen-bond acceptors (Lipinski definition) is 4. The van der Waals surface area contributed by atoms with Gasteiger partial charge in [0.25, 0.3) is 0 Å². The highest BCUT2D eigenvalue weighted by Gasteiger charge is 2.19. The van der Waals surface area contributed by atoms with Crippen molar-refractivity contribution < 1.29 is 0 Å². The Morgan fingerprint density at radius 2 is 2.33 bits per heavy atom. The van der Waals surface area contributed by atoms with Crippen LogP contribution in [-0.4, -0.2) is 24.1 Å². The Labute approximate surface area is 115 Å². The van der Waals surface area contributed by atoms with Crippen molar-refractivity contribution in [2.45, 2.75) is 58.5 Å². The first kappa shape index (κ1) is 13.8. The molecule has 1 N–H and O–H groups in total. The minimum Gasteiger partial charge on any atom is -0.345 e. The molecular formula is C14H25N3S. The lowest BCUT2D eigenvalue weighted by Gasteiger charge is -2.26. The lowest BCUT2D eigenvalue weighted by atomic mass is 10.1. The predicted molar refractivity (Wildman–Crippen MR) is 79.4 cm³/mol. The van der Waals surface area contributed by atoms with Gasteiger partial charge in [-0.3, -0.25) is 0 Å². The van der Waals surface area contributed by atoms with Crippen LogP contribution >= 0.6 is 11.3 Å². The zero-order valence-electron chi connectivity index (χ0n) is 11.6. The van der Waals surface area contributed by atoms with Crippen molar-refractivity contribution >= 4 is 16.5 Å². The smallest absolute Gasteiger partial charge is 0.185 e. The molecule has 0 saturated carbocycles. The van der Waals surface area contributed by atoms with E-state index in [-0.39, 0.29) is 0 Å². The Hall–Kier alpha value is -0.610. The third-order valence-electron chi connectivity index (χ3n) is 3.57.